The Kier molecular flexibility index (Phi) is 7.35. The van der Waals surface area contributed by atoms with E-state index in [1.165, 1.54) is 28.6 Å². The molecule has 0 radical (unpaired) electrons. The lowest BCUT2D eigenvalue weighted by molar-refractivity contribution is -0.117. The number of anilines is 1. The fourth-order valence-corrected chi connectivity index (χ4v) is 5.20. The van der Waals surface area contributed by atoms with Crippen molar-refractivity contribution in [1.82, 2.24) is 9.62 Å². The Balaban J connectivity index is 1.59. The fraction of sp³-hybridized carbons (Fsp3) is 0.364. The molecule has 0 aromatic heterocycles. The van der Waals surface area contributed by atoms with Gasteiger partial charge < -0.3 is 10.2 Å². The number of amides is 2. The van der Waals surface area contributed by atoms with Crippen molar-refractivity contribution in [2.45, 2.75) is 25.2 Å². The van der Waals surface area contributed by atoms with Crippen molar-refractivity contribution in [3.8, 4) is 0 Å². The molecule has 0 spiro atoms. The van der Waals surface area contributed by atoms with Gasteiger partial charge in [-0.3, -0.25) is 9.59 Å². The molecule has 1 aliphatic rings. The summed E-state index contributed by atoms with van der Waals surface area (Å²) < 4.78 is 26.5. The van der Waals surface area contributed by atoms with Crippen LogP contribution in [0.4, 0.5) is 5.69 Å². The van der Waals surface area contributed by atoms with Crippen molar-refractivity contribution >= 4 is 39.1 Å². The molecule has 31 heavy (non-hydrogen) atoms. The number of halogens is 1. The number of benzene rings is 2. The molecular formula is C22H26ClN3O4S. The van der Waals surface area contributed by atoms with Gasteiger partial charge in [-0.25, -0.2) is 8.42 Å². The summed E-state index contributed by atoms with van der Waals surface area (Å²) in [6.45, 7) is 5.20. The lowest BCUT2D eigenvalue weighted by Crippen LogP contribution is -2.32. The average Bonchev–Trinajstić information content (AvgIpc) is 3.14. The van der Waals surface area contributed by atoms with Crippen molar-refractivity contribution in [3.05, 3.63) is 59.1 Å². The van der Waals surface area contributed by atoms with E-state index in [0.717, 1.165) is 5.69 Å². The molecule has 1 aliphatic heterocycles. The Labute approximate surface area is 188 Å². The minimum absolute atomic E-state index is 0.00514. The van der Waals surface area contributed by atoms with E-state index in [1.807, 2.05) is 0 Å². The summed E-state index contributed by atoms with van der Waals surface area (Å²) in [5.74, 6) is -0.300. The van der Waals surface area contributed by atoms with Crippen LogP contribution >= 0.6 is 11.6 Å². The van der Waals surface area contributed by atoms with Gasteiger partial charge in [-0.2, -0.15) is 4.31 Å². The molecule has 1 atom stereocenters. The number of hydrogen-bond donors (Lipinski definition) is 1. The van der Waals surface area contributed by atoms with Crippen molar-refractivity contribution < 1.29 is 18.0 Å². The summed E-state index contributed by atoms with van der Waals surface area (Å²) in [4.78, 5) is 26.7. The number of sulfonamides is 1. The first-order valence-corrected chi connectivity index (χ1v) is 12.0. The number of hydrogen-bond acceptors (Lipinski definition) is 4. The highest BCUT2D eigenvalue weighted by molar-refractivity contribution is 7.89. The Bertz CT molecular complexity index is 1040. The molecule has 9 heteroatoms. The molecule has 3 rings (SSSR count). The molecule has 0 bridgehead atoms. The van der Waals surface area contributed by atoms with Crippen molar-refractivity contribution in [2.24, 2.45) is 5.92 Å². The van der Waals surface area contributed by atoms with Gasteiger partial charge in [0, 0.05) is 54.8 Å². The number of nitrogens with one attached hydrogen (secondary N) is 1. The molecule has 0 aliphatic carbocycles. The summed E-state index contributed by atoms with van der Waals surface area (Å²) in [7, 11) is -3.56. The van der Waals surface area contributed by atoms with Crippen LogP contribution in [0.1, 0.15) is 30.6 Å². The Morgan fingerprint density at radius 3 is 2.29 bits per heavy atom. The molecule has 1 unspecified atom stereocenters. The number of nitrogens with zero attached hydrogens (tertiary/aromatic N) is 2. The van der Waals surface area contributed by atoms with Crippen LogP contribution in [0.2, 0.25) is 5.02 Å². The van der Waals surface area contributed by atoms with Crippen molar-refractivity contribution in [1.29, 1.82) is 0 Å². The van der Waals surface area contributed by atoms with Crippen LogP contribution in [0.3, 0.4) is 0 Å². The van der Waals surface area contributed by atoms with Gasteiger partial charge in [0.15, 0.2) is 0 Å². The van der Waals surface area contributed by atoms with E-state index in [-0.39, 0.29) is 22.6 Å². The zero-order valence-corrected chi connectivity index (χ0v) is 19.1. The van der Waals surface area contributed by atoms with Crippen LogP contribution in [-0.2, 0) is 14.8 Å². The number of carbonyl (C=O) groups is 2. The van der Waals surface area contributed by atoms with Crippen LogP contribution in [0.15, 0.2) is 53.4 Å². The maximum Gasteiger partial charge on any atom is 0.251 e. The smallest absolute Gasteiger partial charge is 0.251 e. The van der Waals surface area contributed by atoms with Gasteiger partial charge in [0.2, 0.25) is 15.9 Å². The Hall–Kier alpha value is -2.42. The standard InChI is InChI=1S/C22H26ClN3O4S/c1-3-25(4-2)31(29,30)20-11-5-17(6-12-20)22(28)24-14-16-13-21(27)26(15-16)19-9-7-18(23)8-10-19/h5-12,16H,3-4,13-15H2,1-2H3,(H,24,28). The van der Waals surface area contributed by atoms with Gasteiger partial charge in [-0.05, 0) is 48.5 Å². The predicted molar refractivity (Wildman–Crippen MR) is 121 cm³/mol. The molecule has 7 nitrogen and oxygen atoms in total. The maximum absolute atomic E-state index is 12.6. The van der Waals surface area contributed by atoms with Crippen molar-refractivity contribution in [2.75, 3.05) is 31.1 Å². The van der Waals surface area contributed by atoms with Gasteiger partial charge in [-0.15, -0.1) is 0 Å². The summed E-state index contributed by atoms with van der Waals surface area (Å²) in [6, 6.07) is 13.0. The molecule has 1 saturated heterocycles. The van der Waals surface area contributed by atoms with Gasteiger partial charge in [0.05, 0.1) is 4.90 Å². The molecule has 1 heterocycles. The average molecular weight is 464 g/mol. The number of rotatable bonds is 8. The minimum Gasteiger partial charge on any atom is -0.352 e. The first kappa shape index (κ1) is 23.2. The molecule has 0 saturated carbocycles. The van der Waals surface area contributed by atoms with E-state index in [4.69, 9.17) is 11.6 Å². The van der Waals surface area contributed by atoms with E-state index in [2.05, 4.69) is 5.32 Å². The van der Waals surface area contributed by atoms with E-state index < -0.39 is 10.0 Å². The minimum atomic E-state index is -3.56. The molecule has 1 N–H and O–H groups in total. The third-order valence-corrected chi connectivity index (χ3v) is 7.67. The zero-order chi connectivity index (χ0) is 22.6. The van der Waals surface area contributed by atoms with Crippen molar-refractivity contribution in [3.63, 3.8) is 0 Å². The maximum atomic E-state index is 12.6. The van der Waals surface area contributed by atoms with Gasteiger partial charge in [0.1, 0.15) is 0 Å². The van der Waals surface area contributed by atoms with Crippen LogP contribution in [0.5, 0.6) is 0 Å². The van der Waals surface area contributed by atoms with Gasteiger partial charge in [-0.1, -0.05) is 25.4 Å². The summed E-state index contributed by atoms with van der Waals surface area (Å²) >= 11 is 5.90. The highest BCUT2D eigenvalue weighted by atomic mass is 35.5. The summed E-state index contributed by atoms with van der Waals surface area (Å²) in [5.41, 5.74) is 1.16. The number of carbonyl (C=O) groups excluding carboxylic acids is 2. The fourth-order valence-electron chi connectivity index (χ4n) is 3.62. The third kappa shape index (κ3) is 5.26. The highest BCUT2D eigenvalue weighted by Gasteiger charge is 2.31. The van der Waals surface area contributed by atoms with E-state index in [9.17, 15) is 18.0 Å². The molecular weight excluding hydrogens is 438 g/mol. The first-order chi connectivity index (χ1) is 14.8. The van der Waals surface area contributed by atoms with Crippen LogP contribution in [0.25, 0.3) is 0 Å². The monoisotopic (exact) mass is 463 g/mol. The second-order valence-electron chi connectivity index (χ2n) is 7.37. The van der Waals surface area contributed by atoms with E-state index >= 15 is 0 Å². The SMILES string of the molecule is CCN(CC)S(=O)(=O)c1ccc(C(=O)NCC2CC(=O)N(c3ccc(Cl)cc3)C2)cc1. The molecule has 166 valence electrons. The van der Waals surface area contributed by atoms with Crippen LogP contribution in [-0.4, -0.2) is 50.7 Å². The van der Waals surface area contributed by atoms with Gasteiger partial charge >= 0.3 is 0 Å². The summed E-state index contributed by atoms with van der Waals surface area (Å²) in [5, 5.41) is 3.45. The lowest BCUT2D eigenvalue weighted by atomic mass is 10.1. The lowest BCUT2D eigenvalue weighted by Gasteiger charge is -2.18. The molecule has 1 fully saturated rings. The molecule has 2 amide bonds. The first-order valence-electron chi connectivity index (χ1n) is 10.2. The third-order valence-electron chi connectivity index (χ3n) is 5.35. The molecule has 2 aromatic rings. The Morgan fingerprint density at radius 1 is 1.10 bits per heavy atom. The van der Waals surface area contributed by atoms with Crippen LogP contribution < -0.4 is 10.2 Å². The second kappa shape index (κ2) is 9.80. The van der Waals surface area contributed by atoms with E-state index in [0.29, 0.717) is 43.2 Å². The van der Waals surface area contributed by atoms with E-state index in [1.54, 1.807) is 43.0 Å². The topological polar surface area (TPSA) is 86.8 Å². The van der Waals surface area contributed by atoms with Crippen LogP contribution in [0, 0.1) is 5.92 Å². The highest BCUT2D eigenvalue weighted by Crippen LogP contribution is 2.26. The summed E-state index contributed by atoms with van der Waals surface area (Å²) in [6.07, 6.45) is 0.351. The normalized spacial score (nSPS) is 16.7. The quantitative estimate of drug-likeness (QED) is 0.651. The Morgan fingerprint density at radius 2 is 1.71 bits per heavy atom. The second-order valence-corrected chi connectivity index (χ2v) is 9.75. The van der Waals surface area contributed by atoms with Gasteiger partial charge in [0.25, 0.3) is 5.91 Å². The molecule has 2 aromatic carbocycles. The largest absolute Gasteiger partial charge is 0.352 e. The zero-order valence-electron chi connectivity index (χ0n) is 17.5. The predicted octanol–water partition coefficient (Wildman–Crippen LogP) is 3.15.